The Morgan fingerprint density at radius 3 is 2.58 bits per heavy atom. The molecule has 0 spiro atoms. The van der Waals surface area contributed by atoms with Crippen LogP contribution >= 0.6 is 23.2 Å². The predicted molar refractivity (Wildman–Crippen MR) is 73.7 cm³/mol. The lowest BCUT2D eigenvalue weighted by Gasteiger charge is -2.12. The molecule has 0 N–H and O–H groups in total. The van der Waals surface area contributed by atoms with E-state index in [-0.39, 0.29) is 6.10 Å². The van der Waals surface area contributed by atoms with E-state index in [1.54, 1.807) is 12.1 Å². The molecule has 102 valence electrons. The molecule has 5 nitrogen and oxygen atoms in total. The summed E-state index contributed by atoms with van der Waals surface area (Å²) in [6, 6.07) is 3.64. The van der Waals surface area contributed by atoms with Crippen LogP contribution in [0.2, 0.25) is 10.0 Å². The third-order valence-corrected chi connectivity index (χ3v) is 2.91. The summed E-state index contributed by atoms with van der Waals surface area (Å²) in [6.45, 7) is 3.81. The van der Waals surface area contributed by atoms with E-state index < -0.39 is 0 Å². The summed E-state index contributed by atoms with van der Waals surface area (Å²) in [5.41, 5.74) is 0.594. The van der Waals surface area contributed by atoms with Crippen molar-refractivity contribution in [1.82, 2.24) is 14.8 Å². The maximum absolute atomic E-state index is 6.17. The van der Waals surface area contributed by atoms with Crippen LogP contribution in [-0.2, 0) is 0 Å². The van der Waals surface area contributed by atoms with Crippen LogP contribution in [0.15, 0.2) is 18.5 Å². The number of nitrogens with zero attached hydrogens (tertiary/aromatic N) is 3. The first-order valence-corrected chi connectivity index (χ1v) is 6.38. The van der Waals surface area contributed by atoms with Crippen molar-refractivity contribution < 1.29 is 9.47 Å². The molecule has 0 radical (unpaired) electrons. The Balaban J connectivity index is 2.50. The summed E-state index contributed by atoms with van der Waals surface area (Å²) >= 11 is 12.2. The Labute approximate surface area is 121 Å². The van der Waals surface area contributed by atoms with Gasteiger partial charge >= 0.3 is 6.01 Å². The largest absolute Gasteiger partial charge is 0.495 e. The van der Waals surface area contributed by atoms with Gasteiger partial charge in [-0.2, -0.15) is 14.8 Å². The van der Waals surface area contributed by atoms with Crippen molar-refractivity contribution in [1.29, 1.82) is 0 Å². The highest BCUT2D eigenvalue weighted by atomic mass is 35.5. The van der Waals surface area contributed by atoms with Crippen LogP contribution in [0.5, 0.6) is 11.8 Å². The van der Waals surface area contributed by atoms with Gasteiger partial charge in [0.1, 0.15) is 12.1 Å². The maximum Gasteiger partial charge on any atom is 0.319 e. The van der Waals surface area contributed by atoms with E-state index in [0.717, 1.165) is 0 Å². The van der Waals surface area contributed by atoms with Crippen molar-refractivity contribution in [3.63, 3.8) is 0 Å². The van der Waals surface area contributed by atoms with E-state index in [4.69, 9.17) is 32.7 Å². The van der Waals surface area contributed by atoms with Crippen LogP contribution < -0.4 is 9.47 Å². The van der Waals surface area contributed by atoms with Gasteiger partial charge in [0.25, 0.3) is 0 Å². The second-order valence-electron chi connectivity index (χ2n) is 4.06. The molecule has 1 aromatic heterocycles. The molecule has 0 aliphatic rings. The first-order chi connectivity index (χ1) is 9.02. The molecular formula is C12H13Cl2N3O2. The van der Waals surface area contributed by atoms with Crippen LogP contribution in [0, 0.1) is 0 Å². The highest BCUT2D eigenvalue weighted by Gasteiger charge is 2.15. The van der Waals surface area contributed by atoms with Gasteiger partial charge in [-0.15, -0.1) is 0 Å². The molecule has 2 rings (SSSR count). The van der Waals surface area contributed by atoms with Gasteiger partial charge < -0.3 is 9.47 Å². The van der Waals surface area contributed by atoms with Gasteiger partial charge in [-0.1, -0.05) is 23.2 Å². The summed E-state index contributed by atoms with van der Waals surface area (Å²) in [5, 5.41) is 4.97. The van der Waals surface area contributed by atoms with Gasteiger partial charge in [-0.05, 0) is 19.9 Å². The van der Waals surface area contributed by atoms with E-state index in [0.29, 0.717) is 27.5 Å². The number of hydrogen-bond donors (Lipinski definition) is 0. The molecule has 2 aromatic rings. The zero-order valence-corrected chi connectivity index (χ0v) is 12.2. The van der Waals surface area contributed by atoms with Crippen molar-refractivity contribution in [2.45, 2.75) is 20.0 Å². The standard InChI is InChI=1S/C12H13Cl2N3O2/c1-7(2)19-12-15-6-16-17(12)10-5-11(18-3)9(14)4-8(10)13/h4-7H,1-3H3. The molecule has 7 heteroatoms. The molecule has 0 amide bonds. The van der Waals surface area contributed by atoms with E-state index in [9.17, 15) is 0 Å². The minimum Gasteiger partial charge on any atom is -0.495 e. The molecule has 1 heterocycles. The number of rotatable bonds is 4. The summed E-state index contributed by atoms with van der Waals surface area (Å²) in [4.78, 5) is 4.05. The van der Waals surface area contributed by atoms with Crippen molar-refractivity contribution in [3.05, 3.63) is 28.5 Å². The van der Waals surface area contributed by atoms with Crippen molar-refractivity contribution >= 4 is 23.2 Å². The minimum absolute atomic E-state index is 0.0177. The molecule has 0 saturated heterocycles. The Hall–Kier alpha value is -1.46. The first-order valence-electron chi connectivity index (χ1n) is 5.63. The zero-order valence-electron chi connectivity index (χ0n) is 10.7. The summed E-state index contributed by atoms with van der Waals surface area (Å²) in [7, 11) is 1.53. The van der Waals surface area contributed by atoms with E-state index in [1.165, 1.54) is 18.1 Å². The Morgan fingerprint density at radius 1 is 1.21 bits per heavy atom. The van der Waals surface area contributed by atoms with Crippen LogP contribution in [0.1, 0.15) is 13.8 Å². The fraction of sp³-hybridized carbons (Fsp3) is 0.333. The van der Waals surface area contributed by atoms with Crippen molar-refractivity contribution in [3.8, 4) is 17.4 Å². The first kappa shape index (κ1) is 14.0. The molecule has 1 aromatic carbocycles. The van der Waals surface area contributed by atoms with Crippen LogP contribution in [0.3, 0.4) is 0 Å². The number of hydrogen-bond acceptors (Lipinski definition) is 4. The van der Waals surface area contributed by atoms with E-state index >= 15 is 0 Å². The maximum atomic E-state index is 6.17. The molecule has 0 bridgehead atoms. The van der Waals surface area contributed by atoms with Crippen LogP contribution in [0.4, 0.5) is 0 Å². The third kappa shape index (κ3) is 2.93. The lowest BCUT2D eigenvalue weighted by atomic mass is 10.3. The smallest absolute Gasteiger partial charge is 0.319 e. The van der Waals surface area contributed by atoms with Gasteiger partial charge in [-0.25, -0.2) is 0 Å². The Morgan fingerprint density at radius 2 is 1.95 bits per heavy atom. The monoisotopic (exact) mass is 301 g/mol. The third-order valence-electron chi connectivity index (χ3n) is 2.31. The van der Waals surface area contributed by atoms with E-state index in [1.807, 2.05) is 13.8 Å². The zero-order chi connectivity index (χ0) is 14.0. The topological polar surface area (TPSA) is 49.2 Å². The molecule has 0 aliphatic heterocycles. The number of methoxy groups -OCH3 is 1. The number of aromatic nitrogens is 3. The van der Waals surface area contributed by atoms with Crippen molar-refractivity contribution in [2.75, 3.05) is 7.11 Å². The number of halogens is 2. The second kappa shape index (κ2) is 5.67. The lowest BCUT2D eigenvalue weighted by molar-refractivity contribution is 0.216. The molecule has 0 unspecified atom stereocenters. The van der Waals surface area contributed by atoms with Gasteiger partial charge in [0, 0.05) is 6.07 Å². The SMILES string of the molecule is COc1cc(-n2ncnc2OC(C)C)c(Cl)cc1Cl. The molecule has 19 heavy (non-hydrogen) atoms. The highest BCUT2D eigenvalue weighted by molar-refractivity contribution is 6.36. The predicted octanol–water partition coefficient (Wildman–Crippen LogP) is 3.37. The van der Waals surface area contributed by atoms with E-state index in [2.05, 4.69) is 10.1 Å². The number of benzene rings is 1. The highest BCUT2D eigenvalue weighted by Crippen LogP contribution is 2.33. The molecular weight excluding hydrogens is 289 g/mol. The Bertz CT molecular complexity index is 584. The molecule has 0 saturated carbocycles. The summed E-state index contributed by atoms with van der Waals surface area (Å²) in [6.07, 6.45) is 1.38. The summed E-state index contributed by atoms with van der Waals surface area (Å²) < 4.78 is 12.2. The average molecular weight is 302 g/mol. The quantitative estimate of drug-likeness (QED) is 0.869. The van der Waals surface area contributed by atoms with Crippen molar-refractivity contribution in [2.24, 2.45) is 0 Å². The van der Waals surface area contributed by atoms with Gasteiger partial charge in [0.15, 0.2) is 0 Å². The Kier molecular flexibility index (Phi) is 4.17. The number of ether oxygens (including phenoxy) is 2. The lowest BCUT2D eigenvalue weighted by Crippen LogP contribution is -2.11. The van der Waals surface area contributed by atoms with Crippen LogP contribution in [-0.4, -0.2) is 28.0 Å². The van der Waals surface area contributed by atoms with Gasteiger partial charge in [-0.3, -0.25) is 0 Å². The summed E-state index contributed by atoms with van der Waals surface area (Å²) in [5.74, 6) is 0.507. The second-order valence-corrected chi connectivity index (χ2v) is 4.87. The molecule has 0 aliphatic carbocycles. The van der Waals surface area contributed by atoms with Gasteiger partial charge in [0.05, 0.1) is 28.9 Å². The normalized spacial score (nSPS) is 10.8. The fourth-order valence-corrected chi connectivity index (χ4v) is 2.06. The van der Waals surface area contributed by atoms with Gasteiger partial charge in [0.2, 0.25) is 0 Å². The molecule has 0 atom stereocenters. The average Bonchev–Trinajstić information content (AvgIpc) is 2.76. The van der Waals surface area contributed by atoms with Crippen LogP contribution in [0.25, 0.3) is 5.69 Å². The fourth-order valence-electron chi connectivity index (χ4n) is 1.52. The molecule has 0 fully saturated rings. The minimum atomic E-state index is -0.0177.